The average molecular weight is 519 g/mol. The van der Waals surface area contributed by atoms with Crippen LogP contribution in [0.1, 0.15) is 27.5 Å². The molecule has 1 heterocycles. The summed E-state index contributed by atoms with van der Waals surface area (Å²) >= 11 is 0. The van der Waals surface area contributed by atoms with Crippen LogP contribution in [0.2, 0.25) is 0 Å². The van der Waals surface area contributed by atoms with E-state index in [9.17, 15) is 14.4 Å². The number of aromatic nitrogens is 2. The molecule has 194 valence electrons. The molecule has 1 N–H and O–H groups in total. The molecular weight excluding hydrogens is 492 g/mol. The maximum absolute atomic E-state index is 14.0. The predicted molar refractivity (Wildman–Crippen MR) is 151 cm³/mol. The average Bonchev–Trinajstić information content (AvgIpc) is 2.97. The SMILES string of the molecule is O=C(O)c1ccc(OC/C=C/Cn2c(=O)c3ccccc3n(C(c3ccccc3)c3ccccc3)c2=O)cc1. The highest BCUT2D eigenvalue weighted by molar-refractivity contribution is 5.87. The van der Waals surface area contributed by atoms with Gasteiger partial charge in [-0.3, -0.25) is 13.9 Å². The Balaban J connectivity index is 1.50. The van der Waals surface area contributed by atoms with E-state index in [4.69, 9.17) is 9.84 Å². The summed E-state index contributed by atoms with van der Waals surface area (Å²) in [6.07, 6.45) is 3.44. The number of carbonyl (C=O) groups is 1. The molecule has 0 unspecified atom stereocenters. The van der Waals surface area contributed by atoms with E-state index in [1.165, 1.54) is 16.7 Å². The van der Waals surface area contributed by atoms with E-state index < -0.39 is 17.7 Å². The van der Waals surface area contributed by atoms with Crippen molar-refractivity contribution in [3.63, 3.8) is 0 Å². The summed E-state index contributed by atoms with van der Waals surface area (Å²) in [5.74, 6) is -0.488. The fourth-order valence-electron chi connectivity index (χ4n) is 4.59. The molecule has 0 aliphatic heterocycles. The first-order chi connectivity index (χ1) is 19.0. The zero-order valence-electron chi connectivity index (χ0n) is 21.0. The molecule has 0 bridgehead atoms. The number of hydrogen-bond donors (Lipinski definition) is 1. The first kappa shape index (κ1) is 25.5. The summed E-state index contributed by atoms with van der Waals surface area (Å²) in [6.45, 7) is 0.264. The van der Waals surface area contributed by atoms with Gasteiger partial charge in [0.1, 0.15) is 12.4 Å². The maximum Gasteiger partial charge on any atom is 0.335 e. The number of allylic oxidation sites excluding steroid dienone is 1. The number of carboxylic acid groups (broad SMARTS) is 1. The lowest BCUT2D eigenvalue weighted by Crippen LogP contribution is -2.41. The predicted octanol–water partition coefficient (Wildman–Crippen LogP) is 5.13. The van der Waals surface area contributed by atoms with Gasteiger partial charge >= 0.3 is 11.7 Å². The standard InChI is InChI=1S/C32H26N2O5/c35-30-27-15-7-8-16-28(27)34(29(23-11-3-1-4-12-23)24-13-5-2-6-14-24)32(38)33(30)21-9-10-22-39-26-19-17-25(18-20-26)31(36)37/h1-20,29H,21-22H2,(H,36,37)/b10-9+. The summed E-state index contributed by atoms with van der Waals surface area (Å²) < 4.78 is 8.56. The second-order valence-corrected chi connectivity index (χ2v) is 8.92. The van der Waals surface area contributed by atoms with Gasteiger partial charge in [-0.2, -0.15) is 0 Å². The zero-order chi connectivity index (χ0) is 27.2. The molecule has 0 spiro atoms. The third kappa shape index (κ3) is 5.43. The zero-order valence-corrected chi connectivity index (χ0v) is 21.0. The Kier molecular flexibility index (Phi) is 7.50. The van der Waals surface area contributed by atoms with Gasteiger partial charge in [-0.15, -0.1) is 0 Å². The van der Waals surface area contributed by atoms with Crippen molar-refractivity contribution in [1.29, 1.82) is 0 Å². The molecule has 7 heteroatoms. The van der Waals surface area contributed by atoms with E-state index >= 15 is 0 Å². The molecule has 0 radical (unpaired) electrons. The lowest BCUT2D eigenvalue weighted by molar-refractivity contribution is 0.0697. The van der Waals surface area contributed by atoms with E-state index in [2.05, 4.69) is 0 Å². The van der Waals surface area contributed by atoms with Crippen molar-refractivity contribution in [3.05, 3.63) is 159 Å². The van der Waals surface area contributed by atoms with Crippen LogP contribution in [-0.4, -0.2) is 26.8 Å². The fourth-order valence-corrected chi connectivity index (χ4v) is 4.59. The smallest absolute Gasteiger partial charge is 0.335 e. The quantitative estimate of drug-likeness (QED) is 0.273. The van der Waals surface area contributed by atoms with Gasteiger partial charge in [0.25, 0.3) is 5.56 Å². The number of para-hydroxylation sites is 1. The molecule has 39 heavy (non-hydrogen) atoms. The van der Waals surface area contributed by atoms with Crippen molar-refractivity contribution < 1.29 is 14.6 Å². The van der Waals surface area contributed by atoms with Crippen molar-refractivity contribution in [2.75, 3.05) is 6.61 Å². The molecule has 5 rings (SSSR count). The van der Waals surface area contributed by atoms with Gasteiger partial charge in [-0.25, -0.2) is 9.59 Å². The molecule has 5 aromatic rings. The second-order valence-electron chi connectivity index (χ2n) is 8.92. The van der Waals surface area contributed by atoms with Gasteiger partial charge in [0.15, 0.2) is 0 Å². The second kappa shape index (κ2) is 11.5. The molecule has 4 aromatic carbocycles. The minimum absolute atomic E-state index is 0.0696. The number of carboxylic acids is 1. The number of benzene rings is 4. The van der Waals surface area contributed by atoms with Crippen molar-refractivity contribution in [2.24, 2.45) is 0 Å². The largest absolute Gasteiger partial charge is 0.490 e. The summed E-state index contributed by atoms with van der Waals surface area (Å²) in [5, 5.41) is 9.47. The summed E-state index contributed by atoms with van der Waals surface area (Å²) in [5.41, 5.74) is 1.83. The number of rotatable bonds is 9. The lowest BCUT2D eigenvalue weighted by Gasteiger charge is -2.24. The van der Waals surface area contributed by atoms with Crippen molar-refractivity contribution >= 4 is 16.9 Å². The van der Waals surface area contributed by atoms with Gasteiger partial charge in [-0.1, -0.05) is 78.9 Å². The van der Waals surface area contributed by atoms with Crippen LogP contribution in [-0.2, 0) is 6.54 Å². The van der Waals surface area contributed by atoms with Gasteiger partial charge < -0.3 is 9.84 Å². The van der Waals surface area contributed by atoms with Crippen molar-refractivity contribution in [2.45, 2.75) is 12.6 Å². The number of ether oxygens (including phenoxy) is 1. The maximum atomic E-state index is 14.0. The number of nitrogens with zero attached hydrogens (tertiary/aromatic N) is 2. The van der Waals surface area contributed by atoms with E-state index in [1.807, 2.05) is 66.7 Å². The van der Waals surface area contributed by atoms with E-state index in [0.717, 1.165) is 11.1 Å². The van der Waals surface area contributed by atoms with Gasteiger partial charge in [0, 0.05) is 6.54 Å². The third-order valence-corrected chi connectivity index (χ3v) is 6.47. The van der Waals surface area contributed by atoms with Gasteiger partial charge in [0.05, 0.1) is 22.5 Å². The normalized spacial score (nSPS) is 11.3. The Labute approximate surface area is 224 Å². The van der Waals surface area contributed by atoms with Crippen LogP contribution in [0.3, 0.4) is 0 Å². The van der Waals surface area contributed by atoms with Crippen LogP contribution in [0.5, 0.6) is 5.75 Å². The topological polar surface area (TPSA) is 90.5 Å². The molecule has 0 atom stereocenters. The van der Waals surface area contributed by atoms with Crippen molar-refractivity contribution in [3.8, 4) is 5.75 Å². The Morgan fingerprint density at radius 3 is 1.97 bits per heavy atom. The summed E-state index contributed by atoms with van der Waals surface area (Å²) in [7, 11) is 0. The van der Waals surface area contributed by atoms with Crippen LogP contribution < -0.4 is 16.0 Å². The molecule has 0 saturated carbocycles. The summed E-state index contributed by atoms with van der Waals surface area (Å²) in [4.78, 5) is 38.4. The summed E-state index contributed by atoms with van der Waals surface area (Å²) in [6, 6.07) is 32.4. The van der Waals surface area contributed by atoms with Crippen LogP contribution in [0.15, 0.2) is 131 Å². The molecule has 0 aliphatic carbocycles. The lowest BCUT2D eigenvalue weighted by atomic mass is 9.98. The van der Waals surface area contributed by atoms with Crippen LogP contribution in [0, 0.1) is 0 Å². The van der Waals surface area contributed by atoms with Gasteiger partial charge in [0.2, 0.25) is 0 Å². The highest BCUT2D eigenvalue weighted by Gasteiger charge is 2.22. The van der Waals surface area contributed by atoms with Crippen LogP contribution in [0.4, 0.5) is 0 Å². The third-order valence-electron chi connectivity index (χ3n) is 6.47. The molecule has 0 fully saturated rings. The highest BCUT2D eigenvalue weighted by Crippen LogP contribution is 2.27. The molecular formula is C32H26N2O5. The van der Waals surface area contributed by atoms with Crippen LogP contribution >= 0.6 is 0 Å². The first-order valence-corrected chi connectivity index (χ1v) is 12.5. The Morgan fingerprint density at radius 2 is 1.36 bits per heavy atom. The van der Waals surface area contributed by atoms with Crippen LogP contribution in [0.25, 0.3) is 10.9 Å². The molecule has 0 amide bonds. The van der Waals surface area contributed by atoms with E-state index in [0.29, 0.717) is 16.7 Å². The molecule has 0 saturated heterocycles. The minimum atomic E-state index is -1.00. The number of aromatic carboxylic acids is 1. The number of fused-ring (bicyclic) bond motifs is 1. The molecule has 0 aliphatic rings. The Bertz CT molecular complexity index is 1700. The van der Waals surface area contributed by atoms with E-state index in [-0.39, 0.29) is 24.3 Å². The van der Waals surface area contributed by atoms with Gasteiger partial charge in [-0.05, 0) is 53.6 Å². The fraction of sp³-hybridized carbons (Fsp3) is 0.0938. The van der Waals surface area contributed by atoms with Crippen molar-refractivity contribution in [1.82, 2.24) is 9.13 Å². The molecule has 7 nitrogen and oxygen atoms in total. The minimum Gasteiger partial charge on any atom is -0.490 e. The Morgan fingerprint density at radius 1 is 0.769 bits per heavy atom. The highest BCUT2D eigenvalue weighted by atomic mass is 16.5. The number of hydrogen-bond acceptors (Lipinski definition) is 4. The first-order valence-electron chi connectivity index (χ1n) is 12.5. The molecule has 1 aromatic heterocycles. The monoisotopic (exact) mass is 518 g/mol. The Hall–Kier alpha value is -5.17. The van der Waals surface area contributed by atoms with E-state index in [1.54, 1.807) is 47.1 Å².